The molecule has 0 saturated carbocycles. The fourth-order valence-electron chi connectivity index (χ4n) is 1.79. The molecule has 0 spiro atoms. The molecule has 5 heteroatoms. The molecule has 2 aromatic rings. The Morgan fingerprint density at radius 1 is 1.05 bits per heavy atom. The number of halogens is 3. The maximum absolute atomic E-state index is 6.26. The molecule has 0 radical (unpaired) electrons. The van der Waals surface area contributed by atoms with E-state index >= 15 is 0 Å². The first-order valence-electron chi connectivity index (χ1n) is 6.61. The van der Waals surface area contributed by atoms with Crippen LogP contribution in [0.1, 0.15) is 19.4 Å². The van der Waals surface area contributed by atoms with Gasteiger partial charge in [0.25, 0.3) is 0 Å². The topological polar surface area (TPSA) is 21.3 Å². The molecule has 0 amide bonds. The third kappa shape index (κ3) is 4.52. The van der Waals surface area contributed by atoms with Crippen molar-refractivity contribution in [3.63, 3.8) is 0 Å². The van der Waals surface area contributed by atoms with E-state index in [9.17, 15) is 0 Å². The fraction of sp³-hybridized carbons (Fsp3) is 0.250. The van der Waals surface area contributed by atoms with E-state index in [1.54, 1.807) is 24.3 Å². The van der Waals surface area contributed by atoms with E-state index in [2.05, 4.69) is 19.2 Å². The molecule has 0 atom stereocenters. The Morgan fingerprint density at radius 3 is 2.52 bits per heavy atom. The third-order valence-corrected chi connectivity index (χ3v) is 3.70. The van der Waals surface area contributed by atoms with Gasteiger partial charge in [-0.25, -0.2) is 0 Å². The van der Waals surface area contributed by atoms with Crippen LogP contribution in [-0.2, 0) is 6.54 Å². The summed E-state index contributed by atoms with van der Waals surface area (Å²) in [7, 11) is 0. The number of hydrogen-bond donors (Lipinski definition) is 1. The van der Waals surface area contributed by atoms with Crippen molar-refractivity contribution in [1.82, 2.24) is 5.32 Å². The summed E-state index contributed by atoms with van der Waals surface area (Å²) in [6.45, 7) is 4.82. The van der Waals surface area contributed by atoms with Gasteiger partial charge in [0.1, 0.15) is 5.75 Å². The third-order valence-electron chi connectivity index (χ3n) is 2.85. The van der Waals surface area contributed by atoms with E-state index in [-0.39, 0.29) is 0 Å². The highest BCUT2D eigenvalue weighted by atomic mass is 35.5. The molecule has 1 N–H and O–H groups in total. The molecular formula is C16H16Cl3NO. The van der Waals surface area contributed by atoms with Crippen LogP contribution in [0.4, 0.5) is 0 Å². The van der Waals surface area contributed by atoms with E-state index in [0.717, 1.165) is 5.56 Å². The highest BCUT2D eigenvalue weighted by Gasteiger charge is 2.12. The van der Waals surface area contributed by atoms with Crippen molar-refractivity contribution < 1.29 is 4.74 Å². The van der Waals surface area contributed by atoms with Crippen molar-refractivity contribution >= 4 is 34.8 Å². The molecule has 0 heterocycles. The Labute approximate surface area is 140 Å². The monoisotopic (exact) mass is 343 g/mol. The Kier molecular flexibility index (Phi) is 5.77. The standard InChI is InChI=1S/C16H16Cl3NO/c1-10(2)20-9-11-4-3-5-14(19)16(11)21-15-8-12(17)6-7-13(15)18/h3-8,10,20H,9H2,1-2H3. The second-order valence-electron chi connectivity index (χ2n) is 4.94. The zero-order chi connectivity index (χ0) is 15.4. The van der Waals surface area contributed by atoms with Gasteiger partial charge in [-0.05, 0) is 18.2 Å². The number of ether oxygens (including phenoxy) is 1. The van der Waals surface area contributed by atoms with Gasteiger partial charge in [-0.1, -0.05) is 60.8 Å². The van der Waals surface area contributed by atoms with Gasteiger partial charge in [-0.2, -0.15) is 0 Å². The first-order valence-corrected chi connectivity index (χ1v) is 7.74. The molecular weight excluding hydrogens is 329 g/mol. The maximum Gasteiger partial charge on any atom is 0.150 e. The van der Waals surface area contributed by atoms with Crippen LogP contribution in [-0.4, -0.2) is 6.04 Å². The smallest absolute Gasteiger partial charge is 0.150 e. The fourth-order valence-corrected chi connectivity index (χ4v) is 2.34. The van der Waals surface area contributed by atoms with Gasteiger partial charge in [0.15, 0.2) is 5.75 Å². The Morgan fingerprint density at radius 2 is 1.81 bits per heavy atom. The summed E-state index contributed by atoms with van der Waals surface area (Å²) in [6, 6.07) is 11.1. The predicted molar refractivity (Wildman–Crippen MR) is 90.0 cm³/mol. The number of nitrogens with one attached hydrogen (secondary N) is 1. The minimum Gasteiger partial charge on any atom is -0.454 e. The summed E-state index contributed by atoms with van der Waals surface area (Å²) in [6.07, 6.45) is 0. The van der Waals surface area contributed by atoms with Crippen molar-refractivity contribution in [3.05, 3.63) is 57.0 Å². The summed E-state index contributed by atoms with van der Waals surface area (Å²) in [4.78, 5) is 0. The van der Waals surface area contributed by atoms with Crippen LogP contribution in [0.15, 0.2) is 36.4 Å². The molecule has 0 aliphatic heterocycles. The molecule has 0 bridgehead atoms. The Balaban J connectivity index is 2.32. The summed E-state index contributed by atoms with van der Waals surface area (Å²) in [5.74, 6) is 1.08. The largest absolute Gasteiger partial charge is 0.454 e. The SMILES string of the molecule is CC(C)NCc1cccc(Cl)c1Oc1cc(Cl)ccc1Cl. The lowest BCUT2D eigenvalue weighted by atomic mass is 10.2. The zero-order valence-electron chi connectivity index (χ0n) is 11.8. The molecule has 2 aromatic carbocycles. The van der Waals surface area contributed by atoms with Gasteiger partial charge in [0.05, 0.1) is 10.0 Å². The molecule has 0 unspecified atom stereocenters. The average molecular weight is 345 g/mol. The second-order valence-corrected chi connectivity index (χ2v) is 6.19. The van der Waals surface area contributed by atoms with Gasteiger partial charge in [0, 0.05) is 29.2 Å². The van der Waals surface area contributed by atoms with Crippen molar-refractivity contribution in [2.24, 2.45) is 0 Å². The summed E-state index contributed by atoms with van der Waals surface area (Å²) >= 11 is 18.4. The molecule has 0 aliphatic carbocycles. The van der Waals surface area contributed by atoms with E-state index in [1.807, 2.05) is 12.1 Å². The van der Waals surface area contributed by atoms with Crippen LogP contribution in [0.5, 0.6) is 11.5 Å². The van der Waals surface area contributed by atoms with Gasteiger partial charge in [0.2, 0.25) is 0 Å². The van der Waals surface area contributed by atoms with Crippen LogP contribution in [0.3, 0.4) is 0 Å². The van der Waals surface area contributed by atoms with Crippen LogP contribution >= 0.6 is 34.8 Å². The summed E-state index contributed by atoms with van der Waals surface area (Å²) in [5.41, 5.74) is 0.965. The normalized spacial score (nSPS) is 11.0. The lowest BCUT2D eigenvalue weighted by Gasteiger charge is -2.15. The summed E-state index contributed by atoms with van der Waals surface area (Å²) in [5, 5.41) is 4.93. The lowest BCUT2D eigenvalue weighted by Crippen LogP contribution is -2.22. The van der Waals surface area contributed by atoms with E-state index < -0.39 is 0 Å². The number of benzene rings is 2. The maximum atomic E-state index is 6.26. The molecule has 2 rings (SSSR count). The molecule has 0 fully saturated rings. The minimum atomic E-state index is 0.367. The van der Waals surface area contributed by atoms with Crippen LogP contribution in [0.25, 0.3) is 0 Å². The van der Waals surface area contributed by atoms with Crippen molar-refractivity contribution in [2.45, 2.75) is 26.4 Å². The Bertz CT molecular complexity index is 629. The number of para-hydroxylation sites is 1. The van der Waals surface area contributed by atoms with Crippen molar-refractivity contribution in [2.75, 3.05) is 0 Å². The van der Waals surface area contributed by atoms with Gasteiger partial charge < -0.3 is 10.1 Å². The van der Waals surface area contributed by atoms with Gasteiger partial charge >= 0.3 is 0 Å². The van der Waals surface area contributed by atoms with Crippen molar-refractivity contribution in [3.8, 4) is 11.5 Å². The highest BCUT2D eigenvalue weighted by molar-refractivity contribution is 6.34. The molecule has 112 valence electrons. The number of rotatable bonds is 5. The molecule has 0 saturated heterocycles. The Hall–Kier alpha value is -0.930. The predicted octanol–water partition coefficient (Wildman–Crippen LogP) is 5.94. The zero-order valence-corrected chi connectivity index (χ0v) is 14.1. The minimum absolute atomic E-state index is 0.367. The second kappa shape index (κ2) is 7.37. The first kappa shape index (κ1) is 16.4. The number of hydrogen-bond acceptors (Lipinski definition) is 2. The quantitative estimate of drug-likeness (QED) is 0.725. The molecule has 21 heavy (non-hydrogen) atoms. The molecule has 2 nitrogen and oxygen atoms in total. The van der Waals surface area contributed by atoms with Crippen molar-refractivity contribution in [1.29, 1.82) is 0 Å². The van der Waals surface area contributed by atoms with Crippen LogP contribution < -0.4 is 10.1 Å². The van der Waals surface area contributed by atoms with Gasteiger partial charge in [-0.15, -0.1) is 0 Å². The highest BCUT2D eigenvalue weighted by Crippen LogP contribution is 2.37. The molecule has 0 aliphatic rings. The first-order chi connectivity index (χ1) is 9.97. The van der Waals surface area contributed by atoms with E-state index in [4.69, 9.17) is 39.5 Å². The molecule has 0 aromatic heterocycles. The summed E-state index contributed by atoms with van der Waals surface area (Å²) < 4.78 is 5.90. The average Bonchev–Trinajstić information content (AvgIpc) is 2.43. The van der Waals surface area contributed by atoms with E-state index in [0.29, 0.717) is 39.2 Å². The van der Waals surface area contributed by atoms with Gasteiger partial charge in [-0.3, -0.25) is 0 Å². The lowest BCUT2D eigenvalue weighted by molar-refractivity contribution is 0.470. The van der Waals surface area contributed by atoms with Crippen LogP contribution in [0.2, 0.25) is 15.1 Å². The van der Waals surface area contributed by atoms with Crippen LogP contribution in [0, 0.1) is 0 Å². The van der Waals surface area contributed by atoms with E-state index in [1.165, 1.54) is 0 Å².